The molecule has 1 fully saturated rings. The third kappa shape index (κ3) is 4.50. The van der Waals surface area contributed by atoms with Gasteiger partial charge in [-0.25, -0.2) is 0 Å². The van der Waals surface area contributed by atoms with Crippen molar-refractivity contribution in [2.45, 2.75) is 39.8 Å². The monoisotopic (exact) mass is 390 g/mol. The fourth-order valence-corrected chi connectivity index (χ4v) is 2.94. The van der Waals surface area contributed by atoms with Crippen molar-refractivity contribution in [3.8, 4) is 0 Å². The van der Waals surface area contributed by atoms with Gasteiger partial charge in [0, 0.05) is 13.1 Å². The first-order chi connectivity index (χ1) is 11.9. The van der Waals surface area contributed by atoms with E-state index in [1.165, 1.54) is 13.8 Å². The van der Waals surface area contributed by atoms with Crippen LogP contribution < -0.4 is 5.32 Å². The maximum absolute atomic E-state index is 12.9. The number of likely N-dealkylation sites (tertiary alicyclic amines) is 1. The molecular weight excluding hydrogens is 369 g/mol. The van der Waals surface area contributed by atoms with E-state index in [1.807, 2.05) is 0 Å². The molecule has 0 spiro atoms. The number of anilines is 1. The molecule has 1 aliphatic rings. The molecule has 0 aromatic heterocycles. The molecule has 2 rings (SSSR count). The van der Waals surface area contributed by atoms with Crippen LogP contribution in [-0.2, 0) is 15.8 Å². The molecule has 8 heteroatoms. The highest BCUT2D eigenvalue weighted by Crippen LogP contribution is 2.34. The lowest BCUT2D eigenvalue weighted by Gasteiger charge is -2.35. The topological polar surface area (TPSA) is 49.4 Å². The number of nitrogens with zero attached hydrogens (tertiary/aromatic N) is 1. The number of halogens is 4. The predicted molar refractivity (Wildman–Crippen MR) is 93.8 cm³/mol. The van der Waals surface area contributed by atoms with Crippen LogP contribution in [0, 0.1) is 11.3 Å². The van der Waals surface area contributed by atoms with E-state index < -0.39 is 23.1 Å². The molecule has 1 aromatic rings. The Kier molecular flexibility index (Phi) is 5.90. The lowest BCUT2D eigenvalue weighted by molar-refractivity contribution is -0.147. The van der Waals surface area contributed by atoms with Crippen molar-refractivity contribution < 1.29 is 22.8 Å². The number of benzene rings is 1. The minimum atomic E-state index is -4.56. The smallest absolute Gasteiger partial charge is 0.342 e. The number of piperidine rings is 1. The number of hydrogen-bond acceptors (Lipinski definition) is 2. The maximum Gasteiger partial charge on any atom is 0.416 e. The molecule has 0 saturated carbocycles. The van der Waals surface area contributed by atoms with Crippen LogP contribution in [0.5, 0.6) is 0 Å². The second-order valence-corrected chi connectivity index (χ2v) is 7.65. The maximum atomic E-state index is 12.9. The van der Waals surface area contributed by atoms with Gasteiger partial charge in [0.05, 0.1) is 16.3 Å². The number of alkyl halides is 3. The Hall–Kier alpha value is -1.76. The molecule has 2 amide bonds. The summed E-state index contributed by atoms with van der Waals surface area (Å²) in [5, 5.41) is 2.35. The zero-order valence-corrected chi connectivity index (χ0v) is 15.7. The second kappa shape index (κ2) is 7.47. The zero-order valence-electron chi connectivity index (χ0n) is 14.9. The molecule has 4 nitrogen and oxygen atoms in total. The molecule has 0 bridgehead atoms. The Balaban J connectivity index is 2.16. The minimum absolute atomic E-state index is 0.0265. The van der Waals surface area contributed by atoms with Gasteiger partial charge in [-0.2, -0.15) is 13.2 Å². The lowest BCUT2D eigenvalue weighted by Crippen LogP contribution is -2.49. The van der Waals surface area contributed by atoms with Crippen LogP contribution in [0.15, 0.2) is 18.2 Å². The molecule has 144 valence electrons. The van der Waals surface area contributed by atoms with Crippen LogP contribution >= 0.6 is 11.6 Å². The lowest BCUT2D eigenvalue weighted by atomic mass is 9.88. The standard InChI is InChI=1S/C18H22ClF3N2O2/c1-11-6-8-24(9-7-11)16(26)17(2,3)15(25)23-14-10-12(18(20,21)22)4-5-13(14)19/h4-5,10-11H,6-9H2,1-3H3,(H,23,25). The van der Waals surface area contributed by atoms with Crippen LogP contribution in [0.3, 0.4) is 0 Å². The van der Waals surface area contributed by atoms with Crippen molar-refractivity contribution in [1.82, 2.24) is 4.90 Å². The quantitative estimate of drug-likeness (QED) is 0.768. The number of hydrogen-bond donors (Lipinski definition) is 1. The van der Waals surface area contributed by atoms with E-state index in [9.17, 15) is 22.8 Å². The summed E-state index contributed by atoms with van der Waals surface area (Å²) < 4.78 is 38.6. The Morgan fingerprint density at radius 1 is 1.19 bits per heavy atom. The Morgan fingerprint density at radius 2 is 1.77 bits per heavy atom. The first-order valence-corrected chi connectivity index (χ1v) is 8.78. The third-order valence-electron chi connectivity index (χ3n) is 4.72. The van der Waals surface area contributed by atoms with Gasteiger partial charge in [-0.1, -0.05) is 18.5 Å². The first kappa shape index (κ1) is 20.6. The average Bonchev–Trinajstić information content (AvgIpc) is 2.55. The van der Waals surface area contributed by atoms with Gasteiger partial charge >= 0.3 is 6.18 Å². The predicted octanol–water partition coefficient (Wildman–Crippen LogP) is 4.58. The Morgan fingerprint density at radius 3 is 2.31 bits per heavy atom. The summed E-state index contributed by atoms with van der Waals surface area (Å²) in [6, 6.07) is 2.67. The summed E-state index contributed by atoms with van der Waals surface area (Å²) in [5.74, 6) is -0.507. The summed E-state index contributed by atoms with van der Waals surface area (Å²) in [7, 11) is 0. The van der Waals surface area contributed by atoms with Crippen LogP contribution in [0.4, 0.5) is 18.9 Å². The molecule has 0 unspecified atom stereocenters. The minimum Gasteiger partial charge on any atom is -0.342 e. The van der Waals surface area contributed by atoms with Crippen LogP contribution in [-0.4, -0.2) is 29.8 Å². The third-order valence-corrected chi connectivity index (χ3v) is 5.04. The molecule has 1 heterocycles. The van der Waals surface area contributed by atoms with Gasteiger partial charge in [0.25, 0.3) is 0 Å². The van der Waals surface area contributed by atoms with Crippen LogP contribution in [0.2, 0.25) is 5.02 Å². The molecule has 0 atom stereocenters. The van der Waals surface area contributed by atoms with Crippen molar-refractivity contribution in [1.29, 1.82) is 0 Å². The first-order valence-electron chi connectivity index (χ1n) is 8.40. The van der Waals surface area contributed by atoms with Crippen molar-refractivity contribution in [3.05, 3.63) is 28.8 Å². The van der Waals surface area contributed by atoms with E-state index in [0.717, 1.165) is 31.0 Å². The largest absolute Gasteiger partial charge is 0.416 e. The molecule has 1 saturated heterocycles. The fourth-order valence-electron chi connectivity index (χ4n) is 2.78. The van der Waals surface area contributed by atoms with E-state index in [0.29, 0.717) is 19.0 Å². The van der Waals surface area contributed by atoms with Gasteiger partial charge in [0.2, 0.25) is 11.8 Å². The molecule has 0 aliphatic carbocycles. The van der Waals surface area contributed by atoms with Crippen molar-refractivity contribution in [2.24, 2.45) is 11.3 Å². The van der Waals surface area contributed by atoms with Crippen molar-refractivity contribution >= 4 is 29.1 Å². The number of carbonyl (C=O) groups excluding carboxylic acids is 2. The van der Waals surface area contributed by atoms with Crippen molar-refractivity contribution in [2.75, 3.05) is 18.4 Å². The van der Waals surface area contributed by atoms with Gasteiger partial charge in [0.15, 0.2) is 0 Å². The van der Waals surface area contributed by atoms with Gasteiger partial charge in [-0.3, -0.25) is 9.59 Å². The highest BCUT2D eigenvalue weighted by molar-refractivity contribution is 6.34. The van der Waals surface area contributed by atoms with Crippen molar-refractivity contribution in [3.63, 3.8) is 0 Å². The second-order valence-electron chi connectivity index (χ2n) is 7.25. The highest BCUT2D eigenvalue weighted by Gasteiger charge is 2.40. The molecule has 1 N–H and O–H groups in total. The SMILES string of the molecule is CC1CCN(C(=O)C(C)(C)C(=O)Nc2cc(C(F)(F)F)ccc2Cl)CC1. The number of rotatable bonds is 3. The normalized spacial score (nSPS) is 16.5. The average molecular weight is 391 g/mol. The molecule has 0 radical (unpaired) electrons. The fraction of sp³-hybridized carbons (Fsp3) is 0.556. The summed E-state index contributed by atoms with van der Waals surface area (Å²) in [5.41, 5.74) is -2.51. The van der Waals surface area contributed by atoms with Crippen LogP contribution in [0.25, 0.3) is 0 Å². The van der Waals surface area contributed by atoms with E-state index in [1.54, 1.807) is 4.90 Å². The number of carbonyl (C=O) groups is 2. The molecule has 1 aliphatic heterocycles. The van der Waals surface area contributed by atoms with Gasteiger partial charge < -0.3 is 10.2 Å². The van der Waals surface area contributed by atoms with Gasteiger partial charge in [-0.05, 0) is 50.8 Å². The number of amides is 2. The Bertz CT molecular complexity index is 696. The summed E-state index contributed by atoms with van der Waals surface area (Å²) in [6.07, 6.45) is -2.83. The van der Waals surface area contributed by atoms with E-state index in [4.69, 9.17) is 11.6 Å². The summed E-state index contributed by atoms with van der Waals surface area (Å²) in [4.78, 5) is 27.0. The van der Waals surface area contributed by atoms with Gasteiger partial charge in [0.1, 0.15) is 5.41 Å². The van der Waals surface area contributed by atoms with E-state index >= 15 is 0 Å². The van der Waals surface area contributed by atoms with Crippen LogP contribution in [0.1, 0.15) is 39.2 Å². The summed E-state index contributed by atoms with van der Waals surface area (Å²) >= 11 is 5.91. The molecule has 1 aromatic carbocycles. The summed E-state index contributed by atoms with van der Waals surface area (Å²) in [6.45, 7) is 6.17. The van der Waals surface area contributed by atoms with Gasteiger partial charge in [-0.15, -0.1) is 0 Å². The molecule has 26 heavy (non-hydrogen) atoms. The Labute approximate surface area is 155 Å². The van der Waals surface area contributed by atoms with E-state index in [2.05, 4.69) is 12.2 Å². The number of nitrogens with one attached hydrogen (secondary N) is 1. The molecular formula is C18H22ClF3N2O2. The highest BCUT2D eigenvalue weighted by atomic mass is 35.5. The zero-order chi connectivity index (χ0) is 19.7. The van der Waals surface area contributed by atoms with E-state index in [-0.39, 0.29) is 16.6 Å².